The largest absolute Gasteiger partial charge is 0.483 e. The third kappa shape index (κ3) is 4.03. The maximum Gasteiger partial charge on any atom is 0.169 e. The van der Waals surface area contributed by atoms with Crippen molar-refractivity contribution in [1.82, 2.24) is 0 Å². The maximum absolute atomic E-state index is 11.0. The number of carbonyl (C=O) groups is 1. The van der Waals surface area contributed by atoms with E-state index < -0.39 is 0 Å². The van der Waals surface area contributed by atoms with Gasteiger partial charge in [-0.05, 0) is 38.0 Å². The van der Waals surface area contributed by atoms with E-state index in [1.54, 1.807) is 14.0 Å². The number of benzene rings is 1. The summed E-state index contributed by atoms with van der Waals surface area (Å²) in [4.78, 5) is 11.0. The Morgan fingerprint density at radius 1 is 1.31 bits per heavy atom. The molecule has 0 aliphatic rings. The van der Waals surface area contributed by atoms with Gasteiger partial charge < -0.3 is 9.47 Å². The molecule has 0 aromatic heterocycles. The summed E-state index contributed by atoms with van der Waals surface area (Å²) in [5, 5.41) is 0. The van der Waals surface area contributed by atoms with Crippen LogP contribution >= 0.6 is 0 Å². The molecule has 1 aromatic rings. The highest BCUT2D eigenvalue weighted by molar-refractivity contribution is 5.80. The number of hydrogen-bond acceptors (Lipinski definition) is 3. The molecule has 16 heavy (non-hydrogen) atoms. The first-order valence-electron chi connectivity index (χ1n) is 5.38. The molecule has 0 saturated carbocycles. The number of carbonyl (C=O) groups excluding carboxylic acids is 1. The molecule has 1 atom stereocenters. The minimum atomic E-state index is -0.384. The average molecular weight is 222 g/mol. The molecule has 0 saturated heterocycles. The van der Waals surface area contributed by atoms with Crippen molar-refractivity contribution in [2.24, 2.45) is 0 Å². The molecule has 0 amide bonds. The summed E-state index contributed by atoms with van der Waals surface area (Å²) in [5.74, 6) is 0.757. The van der Waals surface area contributed by atoms with Gasteiger partial charge in [-0.15, -0.1) is 0 Å². The number of ether oxygens (including phenoxy) is 2. The molecule has 1 aromatic carbocycles. The summed E-state index contributed by atoms with van der Waals surface area (Å²) in [6.45, 7) is 3.99. The Hall–Kier alpha value is -1.35. The van der Waals surface area contributed by atoms with Crippen LogP contribution in [0.4, 0.5) is 0 Å². The van der Waals surface area contributed by atoms with E-state index in [2.05, 4.69) is 0 Å². The lowest BCUT2D eigenvalue weighted by Gasteiger charge is -2.11. The quantitative estimate of drug-likeness (QED) is 0.740. The Morgan fingerprint density at radius 3 is 2.44 bits per heavy atom. The van der Waals surface area contributed by atoms with Crippen molar-refractivity contribution in [3.8, 4) is 5.75 Å². The van der Waals surface area contributed by atoms with Crippen LogP contribution in [0.1, 0.15) is 19.4 Å². The smallest absolute Gasteiger partial charge is 0.169 e. The van der Waals surface area contributed by atoms with Crippen molar-refractivity contribution in [3.05, 3.63) is 29.8 Å². The van der Waals surface area contributed by atoms with Crippen LogP contribution in [0.3, 0.4) is 0 Å². The molecule has 0 fully saturated rings. The second-order valence-corrected chi connectivity index (χ2v) is 3.76. The molecule has 0 heterocycles. The molecule has 0 spiro atoms. The Labute approximate surface area is 96.4 Å². The van der Waals surface area contributed by atoms with Crippen LogP contribution in [0.2, 0.25) is 0 Å². The van der Waals surface area contributed by atoms with Crippen molar-refractivity contribution in [3.63, 3.8) is 0 Å². The van der Waals surface area contributed by atoms with Gasteiger partial charge in [0, 0.05) is 7.11 Å². The van der Waals surface area contributed by atoms with Gasteiger partial charge in [0.05, 0.1) is 6.61 Å². The van der Waals surface area contributed by atoms with Crippen LogP contribution < -0.4 is 4.74 Å². The van der Waals surface area contributed by atoms with Gasteiger partial charge >= 0.3 is 0 Å². The molecule has 0 radical (unpaired) electrons. The zero-order valence-electron chi connectivity index (χ0n) is 10.0. The zero-order chi connectivity index (χ0) is 12.0. The Balaban J connectivity index is 2.54. The van der Waals surface area contributed by atoms with Crippen LogP contribution in [-0.4, -0.2) is 25.6 Å². The van der Waals surface area contributed by atoms with E-state index in [1.807, 2.05) is 24.3 Å². The lowest BCUT2D eigenvalue weighted by molar-refractivity contribution is -0.122. The molecule has 88 valence electrons. The van der Waals surface area contributed by atoms with E-state index in [1.165, 1.54) is 12.5 Å². The summed E-state index contributed by atoms with van der Waals surface area (Å²) < 4.78 is 10.5. The predicted molar refractivity (Wildman–Crippen MR) is 62.8 cm³/mol. The van der Waals surface area contributed by atoms with Crippen molar-refractivity contribution < 1.29 is 14.3 Å². The topological polar surface area (TPSA) is 35.5 Å². The first kappa shape index (κ1) is 12.7. The van der Waals surface area contributed by atoms with Crippen molar-refractivity contribution in [2.75, 3.05) is 13.7 Å². The number of rotatable bonds is 6. The van der Waals surface area contributed by atoms with Crippen LogP contribution in [0.15, 0.2) is 24.3 Å². The van der Waals surface area contributed by atoms with Crippen molar-refractivity contribution in [2.45, 2.75) is 26.4 Å². The van der Waals surface area contributed by atoms with Gasteiger partial charge in [-0.3, -0.25) is 4.79 Å². The molecule has 3 nitrogen and oxygen atoms in total. The van der Waals surface area contributed by atoms with E-state index in [4.69, 9.17) is 9.47 Å². The third-order valence-electron chi connectivity index (χ3n) is 2.40. The summed E-state index contributed by atoms with van der Waals surface area (Å²) in [6, 6.07) is 7.73. The van der Waals surface area contributed by atoms with Gasteiger partial charge in [-0.25, -0.2) is 0 Å². The molecular weight excluding hydrogens is 204 g/mol. The number of methoxy groups -OCH3 is 1. The van der Waals surface area contributed by atoms with Gasteiger partial charge in [0.25, 0.3) is 0 Å². The first-order valence-corrected chi connectivity index (χ1v) is 5.38. The van der Waals surface area contributed by atoms with Crippen LogP contribution in [-0.2, 0) is 16.0 Å². The highest BCUT2D eigenvalue weighted by Crippen LogP contribution is 2.14. The number of Topliss-reactive ketones (excluding diaryl/α,β-unsaturated/α-hetero) is 1. The van der Waals surface area contributed by atoms with Gasteiger partial charge in [-0.1, -0.05) is 12.1 Å². The summed E-state index contributed by atoms with van der Waals surface area (Å²) in [6.07, 6.45) is 0.504. The molecule has 0 aliphatic carbocycles. The summed E-state index contributed by atoms with van der Waals surface area (Å²) in [5.41, 5.74) is 1.20. The second kappa shape index (κ2) is 6.28. The van der Waals surface area contributed by atoms with Gasteiger partial charge in [0.2, 0.25) is 0 Å². The normalized spacial score (nSPS) is 12.2. The van der Waals surface area contributed by atoms with Gasteiger partial charge in [0.15, 0.2) is 11.9 Å². The van der Waals surface area contributed by atoms with Crippen molar-refractivity contribution in [1.29, 1.82) is 0 Å². The fourth-order valence-electron chi connectivity index (χ4n) is 1.24. The van der Waals surface area contributed by atoms with Crippen LogP contribution in [0, 0.1) is 0 Å². The Morgan fingerprint density at radius 2 is 1.94 bits per heavy atom. The lowest BCUT2D eigenvalue weighted by Crippen LogP contribution is -2.20. The zero-order valence-corrected chi connectivity index (χ0v) is 10.0. The number of ketones is 1. The Bertz CT molecular complexity index is 330. The van der Waals surface area contributed by atoms with E-state index in [0.717, 1.165) is 12.2 Å². The molecule has 0 N–H and O–H groups in total. The molecule has 3 heteroatoms. The molecular formula is C13H18O3. The molecule has 0 bridgehead atoms. The molecule has 0 aliphatic heterocycles. The Kier molecular flexibility index (Phi) is 4.99. The monoisotopic (exact) mass is 222 g/mol. The van der Waals surface area contributed by atoms with E-state index in [0.29, 0.717) is 6.61 Å². The predicted octanol–water partition coefficient (Wildman–Crippen LogP) is 2.23. The highest BCUT2D eigenvalue weighted by Gasteiger charge is 2.08. The van der Waals surface area contributed by atoms with Crippen molar-refractivity contribution >= 4 is 5.78 Å². The first-order chi connectivity index (χ1) is 7.63. The fourth-order valence-corrected chi connectivity index (χ4v) is 1.24. The standard InChI is InChI=1S/C13H18O3/c1-10(14)11(2)16-13-6-4-12(5-7-13)8-9-15-3/h4-7,11H,8-9H2,1-3H3. The van der Waals surface area contributed by atoms with Crippen LogP contribution in [0.5, 0.6) is 5.75 Å². The van der Waals surface area contributed by atoms with E-state index in [9.17, 15) is 4.79 Å². The van der Waals surface area contributed by atoms with E-state index in [-0.39, 0.29) is 11.9 Å². The summed E-state index contributed by atoms with van der Waals surface area (Å²) in [7, 11) is 1.69. The average Bonchev–Trinajstić information content (AvgIpc) is 2.28. The fraction of sp³-hybridized carbons (Fsp3) is 0.462. The second-order valence-electron chi connectivity index (χ2n) is 3.76. The minimum Gasteiger partial charge on any atom is -0.483 e. The van der Waals surface area contributed by atoms with Crippen LogP contribution in [0.25, 0.3) is 0 Å². The minimum absolute atomic E-state index is 0.0310. The lowest BCUT2D eigenvalue weighted by atomic mass is 10.1. The maximum atomic E-state index is 11.0. The third-order valence-corrected chi connectivity index (χ3v) is 2.40. The molecule has 1 unspecified atom stereocenters. The van der Waals surface area contributed by atoms with Gasteiger partial charge in [0.1, 0.15) is 5.75 Å². The van der Waals surface area contributed by atoms with E-state index >= 15 is 0 Å². The van der Waals surface area contributed by atoms with Gasteiger partial charge in [-0.2, -0.15) is 0 Å². The highest BCUT2D eigenvalue weighted by atomic mass is 16.5. The SMILES string of the molecule is COCCc1ccc(OC(C)C(C)=O)cc1. The number of hydrogen-bond donors (Lipinski definition) is 0. The summed E-state index contributed by atoms with van der Waals surface area (Å²) >= 11 is 0. The molecule has 1 rings (SSSR count).